The summed E-state index contributed by atoms with van der Waals surface area (Å²) in [5, 5.41) is 6.68. The molecule has 25 heavy (non-hydrogen) atoms. The molecule has 0 saturated carbocycles. The second-order valence-electron chi connectivity index (χ2n) is 6.01. The van der Waals surface area contributed by atoms with E-state index in [9.17, 15) is 0 Å². The van der Waals surface area contributed by atoms with Gasteiger partial charge in [-0.25, -0.2) is 0 Å². The number of hydrogen-bond donors (Lipinski definition) is 2. The molecule has 1 unspecified atom stereocenters. The van der Waals surface area contributed by atoms with Crippen molar-refractivity contribution in [3.63, 3.8) is 0 Å². The molecule has 6 heteroatoms. The molecule has 1 heterocycles. The quantitative estimate of drug-likeness (QED) is 0.273. The van der Waals surface area contributed by atoms with Crippen molar-refractivity contribution in [3.05, 3.63) is 30.3 Å². The van der Waals surface area contributed by atoms with Gasteiger partial charge in [-0.15, -0.1) is 11.8 Å². The molecule has 1 saturated heterocycles. The SMILES string of the molecule is CCNC(=NCCCOCC1CCOC1)NCCSc1ccccc1. The average Bonchev–Trinajstić information content (AvgIpc) is 3.16. The number of ether oxygens (including phenoxy) is 2. The van der Waals surface area contributed by atoms with Crippen molar-refractivity contribution in [1.29, 1.82) is 0 Å². The minimum Gasteiger partial charge on any atom is -0.381 e. The number of aliphatic imine (C=N–C) groups is 1. The predicted octanol–water partition coefficient (Wildman–Crippen LogP) is 2.78. The lowest BCUT2D eigenvalue weighted by atomic mass is 10.1. The molecule has 0 aromatic heterocycles. The van der Waals surface area contributed by atoms with E-state index in [1.54, 1.807) is 0 Å². The first kappa shape index (κ1) is 20.1. The summed E-state index contributed by atoms with van der Waals surface area (Å²) in [6.45, 7) is 7.96. The van der Waals surface area contributed by atoms with Crippen molar-refractivity contribution in [3.8, 4) is 0 Å². The lowest BCUT2D eigenvalue weighted by Gasteiger charge is -2.11. The first-order valence-electron chi connectivity index (χ1n) is 9.24. The second-order valence-corrected chi connectivity index (χ2v) is 7.18. The molecule has 1 aromatic rings. The Balaban J connectivity index is 1.54. The van der Waals surface area contributed by atoms with E-state index in [0.717, 1.165) is 70.6 Å². The number of nitrogens with zero attached hydrogens (tertiary/aromatic N) is 1. The van der Waals surface area contributed by atoms with Crippen LogP contribution in [0.3, 0.4) is 0 Å². The normalized spacial score (nSPS) is 17.6. The van der Waals surface area contributed by atoms with Crippen molar-refractivity contribution in [1.82, 2.24) is 10.6 Å². The van der Waals surface area contributed by atoms with Gasteiger partial charge < -0.3 is 20.1 Å². The van der Waals surface area contributed by atoms with Gasteiger partial charge in [0.15, 0.2) is 5.96 Å². The van der Waals surface area contributed by atoms with Crippen molar-refractivity contribution in [2.75, 3.05) is 51.8 Å². The summed E-state index contributed by atoms with van der Waals surface area (Å²) in [7, 11) is 0. The molecule has 0 amide bonds. The molecule has 0 spiro atoms. The highest BCUT2D eigenvalue weighted by Gasteiger charge is 2.15. The molecule has 0 radical (unpaired) electrons. The van der Waals surface area contributed by atoms with E-state index < -0.39 is 0 Å². The summed E-state index contributed by atoms with van der Waals surface area (Å²) >= 11 is 1.85. The number of rotatable bonds is 11. The number of hydrogen-bond acceptors (Lipinski definition) is 4. The molecule has 1 aliphatic heterocycles. The molecule has 5 nitrogen and oxygen atoms in total. The summed E-state index contributed by atoms with van der Waals surface area (Å²) in [5.74, 6) is 2.49. The van der Waals surface area contributed by atoms with E-state index in [2.05, 4.69) is 46.8 Å². The Bertz CT molecular complexity index is 479. The van der Waals surface area contributed by atoms with Gasteiger partial charge in [-0.3, -0.25) is 4.99 Å². The molecule has 1 fully saturated rings. The van der Waals surface area contributed by atoms with Crippen LogP contribution in [0.25, 0.3) is 0 Å². The van der Waals surface area contributed by atoms with Crippen molar-refractivity contribution < 1.29 is 9.47 Å². The predicted molar refractivity (Wildman–Crippen MR) is 106 cm³/mol. The van der Waals surface area contributed by atoms with Crippen LogP contribution < -0.4 is 10.6 Å². The lowest BCUT2D eigenvalue weighted by Crippen LogP contribution is -2.38. The third kappa shape index (κ3) is 9.14. The van der Waals surface area contributed by atoms with Gasteiger partial charge in [-0.2, -0.15) is 0 Å². The van der Waals surface area contributed by atoms with Crippen LogP contribution >= 0.6 is 11.8 Å². The Morgan fingerprint density at radius 1 is 1.32 bits per heavy atom. The molecule has 0 bridgehead atoms. The molecule has 1 aliphatic rings. The fourth-order valence-electron chi connectivity index (χ4n) is 2.52. The molecule has 2 rings (SSSR count). The van der Waals surface area contributed by atoms with Gasteiger partial charge in [0.1, 0.15) is 0 Å². The molecule has 1 atom stereocenters. The first-order chi connectivity index (χ1) is 12.4. The zero-order chi connectivity index (χ0) is 17.6. The highest BCUT2D eigenvalue weighted by molar-refractivity contribution is 7.99. The highest BCUT2D eigenvalue weighted by atomic mass is 32.2. The highest BCUT2D eigenvalue weighted by Crippen LogP contribution is 2.15. The third-order valence-corrected chi connectivity index (χ3v) is 4.86. The summed E-state index contributed by atoms with van der Waals surface area (Å²) in [5.41, 5.74) is 0. The van der Waals surface area contributed by atoms with Gasteiger partial charge in [0, 0.05) is 49.4 Å². The molecule has 2 N–H and O–H groups in total. The van der Waals surface area contributed by atoms with E-state index in [-0.39, 0.29) is 0 Å². The summed E-state index contributed by atoms with van der Waals surface area (Å²) in [6.07, 6.45) is 2.08. The molecule has 140 valence electrons. The van der Waals surface area contributed by atoms with Crippen LogP contribution in [0.2, 0.25) is 0 Å². The molecule has 1 aromatic carbocycles. The molecular formula is C19H31N3O2S. The van der Waals surface area contributed by atoms with Gasteiger partial charge in [0.2, 0.25) is 0 Å². The van der Waals surface area contributed by atoms with E-state index in [1.165, 1.54) is 4.90 Å². The second kappa shape index (κ2) is 13.0. The summed E-state index contributed by atoms with van der Waals surface area (Å²) in [6, 6.07) is 10.5. The van der Waals surface area contributed by atoms with Crippen molar-refractivity contribution >= 4 is 17.7 Å². The minimum absolute atomic E-state index is 0.588. The fraction of sp³-hybridized carbons (Fsp3) is 0.632. The topological polar surface area (TPSA) is 54.9 Å². The molecular weight excluding hydrogens is 334 g/mol. The third-order valence-electron chi connectivity index (χ3n) is 3.84. The van der Waals surface area contributed by atoms with E-state index in [4.69, 9.17) is 9.47 Å². The smallest absolute Gasteiger partial charge is 0.191 e. The Kier molecular flexibility index (Phi) is 10.5. The van der Waals surface area contributed by atoms with Gasteiger partial charge in [-0.05, 0) is 31.9 Å². The van der Waals surface area contributed by atoms with Crippen LogP contribution in [0.5, 0.6) is 0 Å². The standard InChI is InChI=1S/C19H31N3O2S/c1-2-20-19(22-11-14-25-18-7-4-3-5-8-18)21-10-6-12-23-15-17-9-13-24-16-17/h3-5,7-8,17H,2,6,9-16H2,1H3,(H2,20,21,22). The van der Waals surface area contributed by atoms with Crippen LogP contribution in [0.4, 0.5) is 0 Å². The lowest BCUT2D eigenvalue weighted by molar-refractivity contribution is 0.0893. The maximum Gasteiger partial charge on any atom is 0.191 e. The zero-order valence-electron chi connectivity index (χ0n) is 15.2. The minimum atomic E-state index is 0.588. The van der Waals surface area contributed by atoms with Crippen molar-refractivity contribution in [2.45, 2.75) is 24.7 Å². The van der Waals surface area contributed by atoms with Crippen LogP contribution in [0.15, 0.2) is 40.2 Å². The van der Waals surface area contributed by atoms with Gasteiger partial charge >= 0.3 is 0 Å². The Labute approximate surface area is 156 Å². The van der Waals surface area contributed by atoms with Crippen LogP contribution in [0, 0.1) is 5.92 Å². The first-order valence-corrected chi connectivity index (χ1v) is 10.2. The number of benzene rings is 1. The Morgan fingerprint density at radius 2 is 2.20 bits per heavy atom. The number of thioether (sulfide) groups is 1. The van der Waals surface area contributed by atoms with Gasteiger partial charge in [0.25, 0.3) is 0 Å². The van der Waals surface area contributed by atoms with Gasteiger partial charge in [-0.1, -0.05) is 18.2 Å². The summed E-state index contributed by atoms with van der Waals surface area (Å²) in [4.78, 5) is 5.91. The average molecular weight is 366 g/mol. The zero-order valence-corrected chi connectivity index (χ0v) is 16.0. The number of guanidine groups is 1. The Hall–Kier alpha value is -1.24. The van der Waals surface area contributed by atoms with E-state index in [1.807, 2.05) is 17.8 Å². The number of nitrogens with one attached hydrogen (secondary N) is 2. The molecule has 0 aliphatic carbocycles. The van der Waals surface area contributed by atoms with Crippen molar-refractivity contribution in [2.24, 2.45) is 10.9 Å². The van der Waals surface area contributed by atoms with E-state index >= 15 is 0 Å². The fourth-order valence-corrected chi connectivity index (χ4v) is 3.31. The largest absolute Gasteiger partial charge is 0.381 e. The van der Waals surface area contributed by atoms with Gasteiger partial charge in [0.05, 0.1) is 13.2 Å². The van der Waals surface area contributed by atoms with Crippen LogP contribution in [-0.2, 0) is 9.47 Å². The van der Waals surface area contributed by atoms with Crippen LogP contribution in [0.1, 0.15) is 19.8 Å². The van der Waals surface area contributed by atoms with E-state index in [0.29, 0.717) is 5.92 Å². The maximum atomic E-state index is 5.71. The Morgan fingerprint density at radius 3 is 2.96 bits per heavy atom. The van der Waals surface area contributed by atoms with Crippen LogP contribution in [-0.4, -0.2) is 57.8 Å². The maximum absolute atomic E-state index is 5.71. The summed E-state index contributed by atoms with van der Waals surface area (Å²) < 4.78 is 11.1. The monoisotopic (exact) mass is 365 g/mol.